The van der Waals surface area contributed by atoms with Gasteiger partial charge in [-0.2, -0.15) is 0 Å². The number of nitrogens with zero attached hydrogens (tertiary/aromatic N) is 2. The van der Waals surface area contributed by atoms with Gasteiger partial charge < -0.3 is 14.5 Å². The van der Waals surface area contributed by atoms with E-state index < -0.39 is 0 Å². The second-order valence-electron chi connectivity index (χ2n) is 4.12. The molecule has 0 radical (unpaired) electrons. The van der Waals surface area contributed by atoms with Crippen molar-refractivity contribution in [3.05, 3.63) is 12.2 Å². The summed E-state index contributed by atoms with van der Waals surface area (Å²) in [6, 6.07) is 0.172. The number of morpholine rings is 1. The van der Waals surface area contributed by atoms with Crippen LogP contribution in [0.25, 0.3) is 0 Å². The Balaban J connectivity index is 1.86. The second kappa shape index (κ2) is 4.66. The molecule has 0 saturated carbocycles. The van der Waals surface area contributed by atoms with Crippen LogP contribution in [0.5, 0.6) is 0 Å². The fraction of sp³-hybridized carbons (Fsp3) is 0.727. The Morgan fingerprint density at radius 1 is 1.07 bits per heavy atom. The predicted molar refractivity (Wildman–Crippen MR) is 57.7 cm³/mol. The largest absolute Gasteiger partial charge is 0.378 e. The summed E-state index contributed by atoms with van der Waals surface area (Å²) in [5.74, 6) is 0. The van der Waals surface area contributed by atoms with Gasteiger partial charge in [-0.25, -0.2) is 4.79 Å². The third-order valence-corrected chi connectivity index (χ3v) is 3.02. The molecule has 0 bridgehead atoms. The highest BCUT2D eigenvalue weighted by molar-refractivity contribution is 5.74. The first kappa shape index (κ1) is 10.5. The lowest BCUT2D eigenvalue weighted by molar-refractivity contribution is 0.0426. The average Bonchev–Trinajstić information content (AvgIpc) is 2.30. The first-order valence-corrected chi connectivity index (χ1v) is 5.55. The zero-order valence-corrected chi connectivity index (χ0v) is 9.07. The van der Waals surface area contributed by atoms with E-state index in [2.05, 4.69) is 6.58 Å². The molecule has 15 heavy (non-hydrogen) atoms. The van der Waals surface area contributed by atoms with Crippen LogP contribution in [-0.4, -0.2) is 55.2 Å². The Kier molecular flexibility index (Phi) is 3.26. The van der Waals surface area contributed by atoms with Crippen molar-refractivity contribution in [2.45, 2.75) is 12.8 Å². The molecule has 0 aromatic rings. The van der Waals surface area contributed by atoms with E-state index in [0.29, 0.717) is 13.2 Å². The molecule has 0 aliphatic carbocycles. The average molecular weight is 210 g/mol. The Morgan fingerprint density at radius 3 is 2.20 bits per heavy atom. The summed E-state index contributed by atoms with van der Waals surface area (Å²) in [4.78, 5) is 15.8. The molecule has 4 heteroatoms. The van der Waals surface area contributed by atoms with Crippen molar-refractivity contribution in [3.8, 4) is 0 Å². The summed E-state index contributed by atoms with van der Waals surface area (Å²) >= 11 is 0. The van der Waals surface area contributed by atoms with Crippen LogP contribution in [0.4, 0.5) is 4.79 Å². The van der Waals surface area contributed by atoms with Gasteiger partial charge in [-0.1, -0.05) is 12.2 Å². The van der Waals surface area contributed by atoms with Gasteiger partial charge in [-0.05, 0) is 12.8 Å². The molecule has 4 nitrogen and oxygen atoms in total. The number of piperidine rings is 1. The minimum Gasteiger partial charge on any atom is -0.378 e. The Labute approximate surface area is 90.5 Å². The second-order valence-corrected chi connectivity index (χ2v) is 4.12. The zero-order chi connectivity index (χ0) is 10.7. The highest BCUT2D eigenvalue weighted by Crippen LogP contribution is 2.15. The number of ether oxygens (including phenoxy) is 1. The fourth-order valence-electron chi connectivity index (χ4n) is 1.97. The first-order chi connectivity index (χ1) is 7.27. The van der Waals surface area contributed by atoms with Crippen LogP contribution in [0.2, 0.25) is 0 Å². The summed E-state index contributed by atoms with van der Waals surface area (Å²) in [5.41, 5.74) is 1.26. The molecule has 0 N–H and O–H groups in total. The zero-order valence-electron chi connectivity index (χ0n) is 9.07. The normalized spacial score (nSPS) is 23.1. The molecule has 2 amide bonds. The van der Waals surface area contributed by atoms with E-state index in [1.54, 1.807) is 0 Å². The maximum Gasteiger partial charge on any atom is 0.320 e. The van der Waals surface area contributed by atoms with E-state index in [1.807, 2.05) is 9.80 Å². The summed E-state index contributed by atoms with van der Waals surface area (Å²) in [5, 5.41) is 0. The molecule has 2 fully saturated rings. The van der Waals surface area contributed by atoms with Crippen LogP contribution < -0.4 is 0 Å². The fourth-order valence-corrected chi connectivity index (χ4v) is 1.97. The van der Waals surface area contributed by atoms with E-state index in [1.165, 1.54) is 5.57 Å². The highest BCUT2D eigenvalue weighted by atomic mass is 16.5. The molecule has 84 valence electrons. The van der Waals surface area contributed by atoms with E-state index in [9.17, 15) is 4.79 Å². The minimum atomic E-state index is 0.172. The SMILES string of the molecule is C=C1CCN(C(=O)N2CCOCC2)CC1. The maximum absolute atomic E-state index is 12.0. The van der Waals surface area contributed by atoms with Gasteiger partial charge in [0, 0.05) is 26.2 Å². The van der Waals surface area contributed by atoms with Crippen molar-refractivity contribution in [2.75, 3.05) is 39.4 Å². The Bertz CT molecular complexity index is 249. The van der Waals surface area contributed by atoms with E-state index >= 15 is 0 Å². The molecular weight excluding hydrogens is 192 g/mol. The van der Waals surface area contributed by atoms with Gasteiger partial charge >= 0.3 is 6.03 Å². The van der Waals surface area contributed by atoms with E-state index in [-0.39, 0.29) is 6.03 Å². The molecule has 2 aliphatic heterocycles. The Morgan fingerprint density at radius 2 is 1.60 bits per heavy atom. The molecule has 0 aromatic heterocycles. The van der Waals surface area contributed by atoms with Crippen LogP contribution in [0, 0.1) is 0 Å². The standard InChI is InChI=1S/C11H18N2O2/c1-10-2-4-12(5-3-10)11(14)13-6-8-15-9-7-13/h1-9H2. The van der Waals surface area contributed by atoms with Gasteiger partial charge in [0.25, 0.3) is 0 Å². The van der Waals surface area contributed by atoms with Crippen molar-refractivity contribution < 1.29 is 9.53 Å². The third kappa shape index (κ3) is 2.50. The van der Waals surface area contributed by atoms with E-state index in [4.69, 9.17) is 4.74 Å². The lowest BCUT2D eigenvalue weighted by Crippen LogP contribution is -2.49. The predicted octanol–water partition coefficient (Wildman–Crippen LogP) is 1.09. The number of rotatable bonds is 0. The highest BCUT2D eigenvalue weighted by Gasteiger charge is 2.24. The van der Waals surface area contributed by atoms with Crippen molar-refractivity contribution in [1.29, 1.82) is 0 Å². The van der Waals surface area contributed by atoms with Crippen LogP contribution in [0.15, 0.2) is 12.2 Å². The summed E-state index contributed by atoms with van der Waals surface area (Å²) in [6.45, 7) is 8.42. The number of urea groups is 1. The summed E-state index contributed by atoms with van der Waals surface area (Å²) in [6.07, 6.45) is 1.91. The van der Waals surface area contributed by atoms with Gasteiger partial charge in [-0.15, -0.1) is 0 Å². The van der Waals surface area contributed by atoms with Crippen LogP contribution in [0.1, 0.15) is 12.8 Å². The lowest BCUT2D eigenvalue weighted by atomic mass is 10.1. The quantitative estimate of drug-likeness (QED) is 0.561. The number of likely N-dealkylation sites (tertiary alicyclic amines) is 1. The molecular formula is C11H18N2O2. The van der Waals surface area contributed by atoms with Crippen molar-refractivity contribution in [2.24, 2.45) is 0 Å². The van der Waals surface area contributed by atoms with Crippen molar-refractivity contribution in [1.82, 2.24) is 9.80 Å². The number of hydrogen-bond donors (Lipinski definition) is 0. The molecule has 0 aromatic carbocycles. The van der Waals surface area contributed by atoms with Gasteiger partial charge in [-0.3, -0.25) is 0 Å². The van der Waals surface area contributed by atoms with Gasteiger partial charge in [0.1, 0.15) is 0 Å². The lowest BCUT2D eigenvalue weighted by Gasteiger charge is -2.35. The topological polar surface area (TPSA) is 32.8 Å². The molecule has 0 spiro atoms. The number of carbonyl (C=O) groups is 1. The summed E-state index contributed by atoms with van der Waals surface area (Å²) < 4.78 is 5.23. The molecule has 2 heterocycles. The van der Waals surface area contributed by atoms with Crippen molar-refractivity contribution in [3.63, 3.8) is 0 Å². The van der Waals surface area contributed by atoms with Gasteiger partial charge in [0.05, 0.1) is 13.2 Å². The van der Waals surface area contributed by atoms with Crippen molar-refractivity contribution >= 4 is 6.03 Å². The molecule has 0 unspecified atom stereocenters. The minimum absolute atomic E-state index is 0.172. The molecule has 2 saturated heterocycles. The van der Waals surface area contributed by atoms with Gasteiger partial charge in [0.15, 0.2) is 0 Å². The van der Waals surface area contributed by atoms with Crippen LogP contribution in [-0.2, 0) is 4.74 Å². The molecule has 0 atom stereocenters. The maximum atomic E-state index is 12.0. The molecule has 2 aliphatic rings. The van der Waals surface area contributed by atoms with Gasteiger partial charge in [0.2, 0.25) is 0 Å². The van der Waals surface area contributed by atoms with Crippen LogP contribution >= 0.6 is 0 Å². The molecule has 2 rings (SSSR count). The number of carbonyl (C=O) groups excluding carboxylic acids is 1. The number of amides is 2. The van der Waals surface area contributed by atoms with E-state index in [0.717, 1.165) is 39.0 Å². The third-order valence-electron chi connectivity index (χ3n) is 3.02. The first-order valence-electron chi connectivity index (χ1n) is 5.55. The Hall–Kier alpha value is -1.03. The number of hydrogen-bond acceptors (Lipinski definition) is 2. The summed E-state index contributed by atoms with van der Waals surface area (Å²) in [7, 11) is 0. The smallest absolute Gasteiger partial charge is 0.320 e. The monoisotopic (exact) mass is 210 g/mol. The van der Waals surface area contributed by atoms with Crippen LogP contribution in [0.3, 0.4) is 0 Å².